The summed E-state index contributed by atoms with van der Waals surface area (Å²) in [5.41, 5.74) is 0. The predicted octanol–water partition coefficient (Wildman–Crippen LogP) is 6.55. The summed E-state index contributed by atoms with van der Waals surface area (Å²) in [5.74, 6) is 0.942. The summed E-state index contributed by atoms with van der Waals surface area (Å²) in [6, 6.07) is 0. The van der Waals surface area contributed by atoms with Crippen LogP contribution < -0.4 is 0 Å². The molecule has 1 unspecified atom stereocenters. The van der Waals surface area contributed by atoms with Gasteiger partial charge in [-0.05, 0) is 18.8 Å². The molecule has 0 aliphatic rings. The van der Waals surface area contributed by atoms with Crippen LogP contribution in [-0.4, -0.2) is 10.5 Å². The Hall–Kier alpha value is 0.700. The number of unbranched alkanes of at least 4 members (excludes halogenated alkanes) is 3. The van der Waals surface area contributed by atoms with E-state index in [-0.39, 0.29) is 0 Å². The summed E-state index contributed by atoms with van der Waals surface area (Å²) >= 11 is 0. The van der Waals surface area contributed by atoms with Crippen molar-refractivity contribution in [2.24, 2.45) is 5.92 Å². The molecular formula is C15H32S2. The highest BCUT2D eigenvalue weighted by molar-refractivity contribution is 8.77. The van der Waals surface area contributed by atoms with E-state index in [1.165, 1.54) is 44.9 Å². The lowest BCUT2D eigenvalue weighted by molar-refractivity contribution is 0.413. The van der Waals surface area contributed by atoms with Crippen LogP contribution in [0.2, 0.25) is 0 Å². The first-order valence-electron chi connectivity index (χ1n) is 7.43. The van der Waals surface area contributed by atoms with E-state index in [0.717, 1.165) is 16.4 Å². The normalized spacial score (nSPS) is 15.2. The Kier molecular flexibility index (Phi) is 12.3. The Morgan fingerprint density at radius 1 is 0.765 bits per heavy atom. The fourth-order valence-electron chi connectivity index (χ4n) is 2.01. The van der Waals surface area contributed by atoms with Crippen LogP contribution in [0.15, 0.2) is 0 Å². The van der Waals surface area contributed by atoms with Gasteiger partial charge >= 0.3 is 0 Å². The summed E-state index contributed by atoms with van der Waals surface area (Å²) in [7, 11) is 4.17. The summed E-state index contributed by atoms with van der Waals surface area (Å²) in [6.45, 7) is 11.6. The minimum atomic E-state index is 0.755. The Bertz CT molecular complexity index is 157. The Balaban J connectivity index is 3.95. The van der Waals surface area contributed by atoms with Crippen molar-refractivity contribution in [3.05, 3.63) is 0 Å². The average Bonchev–Trinajstić information content (AvgIpc) is 2.30. The van der Waals surface area contributed by atoms with Gasteiger partial charge in [0, 0.05) is 10.5 Å². The third kappa shape index (κ3) is 10.3. The van der Waals surface area contributed by atoms with Gasteiger partial charge in [-0.1, -0.05) is 88.3 Å². The van der Waals surface area contributed by atoms with Crippen LogP contribution in [0.5, 0.6) is 0 Å². The minimum absolute atomic E-state index is 0.755. The third-order valence-electron chi connectivity index (χ3n) is 3.17. The molecule has 0 saturated carbocycles. The largest absolute Gasteiger partial charge is 0.0910 e. The Labute approximate surface area is 117 Å². The van der Waals surface area contributed by atoms with Crippen molar-refractivity contribution in [1.82, 2.24) is 0 Å². The van der Waals surface area contributed by atoms with Gasteiger partial charge in [0.1, 0.15) is 0 Å². The summed E-state index contributed by atoms with van der Waals surface area (Å²) in [4.78, 5) is 0. The highest BCUT2D eigenvalue weighted by Gasteiger charge is 2.17. The standard InChI is InChI=1S/C15H32S2/c1-6-8-10-12-15(11-9-7-2)14(5)17-16-13(3)4/h13-15H,6-12H2,1-5H3/t14-,15?/m0/s1. The molecule has 0 spiro atoms. The van der Waals surface area contributed by atoms with Crippen molar-refractivity contribution in [1.29, 1.82) is 0 Å². The van der Waals surface area contributed by atoms with Crippen molar-refractivity contribution < 1.29 is 0 Å². The van der Waals surface area contributed by atoms with Crippen molar-refractivity contribution in [2.75, 3.05) is 0 Å². The van der Waals surface area contributed by atoms with Gasteiger partial charge < -0.3 is 0 Å². The number of rotatable bonds is 11. The fourth-order valence-corrected chi connectivity index (χ4v) is 4.50. The van der Waals surface area contributed by atoms with E-state index in [0.29, 0.717) is 0 Å². The van der Waals surface area contributed by atoms with E-state index < -0.39 is 0 Å². The molecule has 0 radical (unpaired) electrons. The lowest BCUT2D eigenvalue weighted by Gasteiger charge is -2.23. The van der Waals surface area contributed by atoms with Gasteiger partial charge in [-0.2, -0.15) is 0 Å². The van der Waals surface area contributed by atoms with E-state index in [9.17, 15) is 0 Å². The van der Waals surface area contributed by atoms with Crippen LogP contribution in [0.25, 0.3) is 0 Å². The van der Waals surface area contributed by atoms with Crippen LogP contribution in [0.4, 0.5) is 0 Å². The van der Waals surface area contributed by atoms with E-state index in [4.69, 9.17) is 0 Å². The van der Waals surface area contributed by atoms with Crippen LogP contribution >= 0.6 is 21.6 Å². The van der Waals surface area contributed by atoms with Crippen LogP contribution in [0.3, 0.4) is 0 Å². The first kappa shape index (κ1) is 17.7. The van der Waals surface area contributed by atoms with Crippen molar-refractivity contribution in [3.8, 4) is 0 Å². The van der Waals surface area contributed by atoms with Crippen LogP contribution in [0, 0.1) is 5.92 Å². The molecule has 2 heteroatoms. The van der Waals surface area contributed by atoms with E-state index in [2.05, 4.69) is 56.2 Å². The summed E-state index contributed by atoms with van der Waals surface area (Å²) < 4.78 is 0. The van der Waals surface area contributed by atoms with E-state index in [1.807, 2.05) is 0 Å². The molecule has 0 fully saturated rings. The molecule has 0 aromatic rings. The Morgan fingerprint density at radius 2 is 1.35 bits per heavy atom. The quantitative estimate of drug-likeness (QED) is 0.310. The Morgan fingerprint density at radius 3 is 1.88 bits per heavy atom. The van der Waals surface area contributed by atoms with Gasteiger partial charge in [-0.25, -0.2) is 0 Å². The molecule has 0 saturated heterocycles. The zero-order valence-corrected chi connectivity index (χ0v) is 14.1. The molecule has 0 nitrogen and oxygen atoms in total. The van der Waals surface area contributed by atoms with Gasteiger partial charge in [0.15, 0.2) is 0 Å². The number of hydrogen-bond acceptors (Lipinski definition) is 2. The third-order valence-corrected chi connectivity index (χ3v) is 6.75. The van der Waals surface area contributed by atoms with Gasteiger partial charge in [0.25, 0.3) is 0 Å². The number of hydrogen-bond donors (Lipinski definition) is 0. The molecule has 104 valence electrons. The van der Waals surface area contributed by atoms with Crippen LogP contribution in [0.1, 0.15) is 79.6 Å². The molecule has 0 aromatic carbocycles. The highest BCUT2D eigenvalue weighted by Crippen LogP contribution is 2.37. The second-order valence-corrected chi connectivity index (χ2v) is 8.57. The topological polar surface area (TPSA) is 0 Å². The predicted molar refractivity (Wildman–Crippen MR) is 86.9 cm³/mol. The first-order valence-corrected chi connectivity index (χ1v) is 9.71. The second-order valence-electron chi connectivity index (χ2n) is 5.34. The first-order chi connectivity index (χ1) is 8.11. The van der Waals surface area contributed by atoms with Crippen molar-refractivity contribution in [2.45, 2.75) is 90.1 Å². The monoisotopic (exact) mass is 276 g/mol. The zero-order chi connectivity index (χ0) is 13.1. The SMILES string of the molecule is CCCCCC(CCCC)[C@H](C)SSC(C)C. The maximum Gasteiger partial charge on any atom is 0.0151 e. The second kappa shape index (κ2) is 11.8. The molecule has 0 amide bonds. The zero-order valence-electron chi connectivity index (χ0n) is 12.5. The van der Waals surface area contributed by atoms with Crippen molar-refractivity contribution in [3.63, 3.8) is 0 Å². The molecular weight excluding hydrogens is 244 g/mol. The molecule has 0 aliphatic heterocycles. The van der Waals surface area contributed by atoms with Gasteiger partial charge in [-0.15, -0.1) is 0 Å². The lowest BCUT2D eigenvalue weighted by Crippen LogP contribution is -2.13. The van der Waals surface area contributed by atoms with E-state index >= 15 is 0 Å². The minimum Gasteiger partial charge on any atom is -0.0910 e. The molecule has 0 aromatic heterocycles. The molecule has 0 heterocycles. The lowest BCUT2D eigenvalue weighted by atomic mass is 9.93. The molecule has 17 heavy (non-hydrogen) atoms. The molecule has 0 bridgehead atoms. The van der Waals surface area contributed by atoms with E-state index in [1.54, 1.807) is 0 Å². The fraction of sp³-hybridized carbons (Fsp3) is 1.00. The summed E-state index contributed by atoms with van der Waals surface area (Å²) in [6.07, 6.45) is 9.84. The molecule has 2 atom stereocenters. The van der Waals surface area contributed by atoms with Crippen LogP contribution in [-0.2, 0) is 0 Å². The molecule has 0 N–H and O–H groups in total. The van der Waals surface area contributed by atoms with Gasteiger partial charge in [0.05, 0.1) is 0 Å². The highest BCUT2D eigenvalue weighted by atomic mass is 33.1. The summed E-state index contributed by atoms with van der Waals surface area (Å²) in [5, 5.41) is 1.58. The smallest absolute Gasteiger partial charge is 0.0151 e. The molecule has 0 aliphatic carbocycles. The average molecular weight is 277 g/mol. The maximum atomic E-state index is 2.44. The maximum absolute atomic E-state index is 2.44. The van der Waals surface area contributed by atoms with Gasteiger partial charge in [-0.3, -0.25) is 0 Å². The molecule has 0 rings (SSSR count). The van der Waals surface area contributed by atoms with Gasteiger partial charge in [0.2, 0.25) is 0 Å². The van der Waals surface area contributed by atoms with Crippen molar-refractivity contribution >= 4 is 21.6 Å².